The molecule has 1 heterocycles. The molecule has 3 rings (SSSR count). The van der Waals surface area contributed by atoms with E-state index in [1.807, 2.05) is 32.9 Å². The van der Waals surface area contributed by atoms with Crippen LogP contribution < -0.4 is 0 Å². The summed E-state index contributed by atoms with van der Waals surface area (Å²) < 4.78 is 25.3. The van der Waals surface area contributed by atoms with Crippen molar-refractivity contribution in [3.05, 3.63) is 29.8 Å². The van der Waals surface area contributed by atoms with Gasteiger partial charge in [-0.25, -0.2) is 8.42 Å². The average Bonchev–Trinajstić information content (AvgIpc) is 2.61. The first-order valence-corrected chi connectivity index (χ1v) is 11.8. The van der Waals surface area contributed by atoms with Gasteiger partial charge in [-0.3, -0.25) is 0 Å². The van der Waals surface area contributed by atoms with Gasteiger partial charge in [0.1, 0.15) is 0 Å². The molecule has 0 aromatic heterocycles. The number of hydrogen-bond donors (Lipinski definition) is 0. The van der Waals surface area contributed by atoms with Crippen LogP contribution in [0.1, 0.15) is 64.4 Å². The Morgan fingerprint density at radius 1 is 1.04 bits per heavy atom. The molecule has 1 saturated carbocycles. The Morgan fingerprint density at radius 2 is 1.69 bits per heavy atom. The monoisotopic (exact) mass is 377 g/mol. The summed E-state index contributed by atoms with van der Waals surface area (Å²) in [5.41, 5.74) is 1.09. The van der Waals surface area contributed by atoms with Crippen LogP contribution >= 0.6 is 0 Å². The first-order valence-electron chi connectivity index (χ1n) is 10.3. The van der Waals surface area contributed by atoms with E-state index in [2.05, 4.69) is 4.90 Å². The minimum atomic E-state index is -3.30. The molecule has 1 aromatic carbocycles. The van der Waals surface area contributed by atoms with E-state index in [0.29, 0.717) is 11.3 Å². The molecule has 146 valence electrons. The lowest BCUT2D eigenvalue weighted by Gasteiger charge is -2.41. The van der Waals surface area contributed by atoms with Crippen molar-refractivity contribution in [2.45, 2.75) is 75.4 Å². The van der Waals surface area contributed by atoms with E-state index in [1.54, 1.807) is 12.1 Å². The fourth-order valence-corrected chi connectivity index (χ4v) is 6.32. The topological polar surface area (TPSA) is 37.4 Å². The van der Waals surface area contributed by atoms with Gasteiger partial charge in [0.05, 0.1) is 9.64 Å². The first kappa shape index (κ1) is 19.9. The second kappa shape index (κ2) is 8.02. The minimum Gasteiger partial charge on any atom is -0.303 e. The van der Waals surface area contributed by atoms with E-state index in [0.717, 1.165) is 30.4 Å². The van der Waals surface area contributed by atoms with Crippen LogP contribution in [0, 0.1) is 18.8 Å². The molecule has 1 unspecified atom stereocenters. The molecule has 2 fully saturated rings. The highest BCUT2D eigenvalue weighted by Crippen LogP contribution is 2.36. The van der Waals surface area contributed by atoms with Gasteiger partial charge in [0, 0.05) is 6.54 Å². The van der Waals surface area contributed by atoms with Gasteiger partial charge in [-0.15, -0.1) is 0 Å². The van der Waals surface area contributed by atoms with E-state index in [4.69, 9.17) is 0 Å². The molecule has 0 N–H and O–H groups in total. The summed E-state index contributed by atoms with van der Waals surface area (Å²) in [4.78, 5) is 3.04. The molecule has 1 aliphatic heterocycles. The number of fused-ring (bicyclic) bond motifs is 1. The molecule has 4 heteroatoms. The van der Waals surface area contributed by atoms with Crippen molar-refractivity contribution in [3.63, 3.8) is 0 Å². The average molecular weight is 378 g/mol. The largest absolute Gasteiger partial charge is 0.303 e. The zero-order valence-electron chi connectivity index (χ0n) is 16.7. The Bertz CT molecular complexity index is 693. The normalized spacial score (nSPS) is 25.0. The predicted molar refractivity (Wildman–Crippen MR) is 108 cm³/mol. The quantitative estimate of drug-likeness (QED) is 0.712. The lowest BCUT2D eigenvalue weighted by atomic mass is 9.75. The summed E-state index contributed by atoms with van der Waals surface area (Å²) >= 11 is 0. The third kappa shape index (κ3) is 4.33. The standard InChI is InChI=1S/C22H35NO2S/c1-18-9-11-21(12-10-18)26(24,25)22(2,3)14-6-15-23-16-13-19-7-4-5-8-20(19)17-23/h9-12,19-20H,4-8,13-17H2,1-3H3/t19?,20-/m0/s1. The van der Waals surface area contributed by atoms with Crippen LogP contribution in [-0.4, -0.2) is 37.7 Å². The fraction of sp³-hybridized carbons (Fsp3) is 0.727. The molecule has 2 atom stereocenters. The number of likely N-dealkylation sites (tertiary alicyclic amines) is 1. The number of benzene rings is 1. The summed E-state index contributed by atoms with van der Waals surface area (Å²) in [5, 5.41) is 0. The maximum atomic E-state index is 13.0. The van der Waals surface area contributed by atoms with Crippen molar-refractivity contribution in [2.75, 3.05) is 19.6 Å². The number of piperidine rings is 1. The van der Waals surface area contributed by atoms with E-state index in [-0.39, 0.29) is 0 Å². The van der Waals surface area contributed by atoms with E-state index in [9.17, 15) is 8.42 Å². The van der Waals surface area contributed by atoms with Crippen molar-refractivity contribution in [1.29, 1.82) is 0 Å². The van der Waals surface area contributed by atoms with E-state index >= 15 is 0 Å². The minimum absolute atomic E-state index is 0.455. The summed E-state index contributed by atoms with van der Waals surface area (Å²) in [6, 6.07) is 7.27. The summed E-state index contributed by atoms with van der Waals surface area (Å²) in [5.74, 6) is 1.85. The zero-order valence-corrected chi connectivity index (χ0v) is 17.5. The van der Waals surface area contributed by atoms with Gasteiger partial charge in [-0.1, -0.05) is 37.0 Å². The smallest absolute Gasteiger partial charge is 0.183 e. The molecular weight excluding hydrogens is 342 g/mol. The lowest BCUT2D eigenvalue weighted by molar-refractivity contribution is 0.0853. The molecule has 1 aromatic rings. The molecule has 26 heavy (non-hydrogen) atoms. The van der Waals surface area contributed by atoms with Gasteiger partial charge in [-0.2, -0.15) is 0 Å². The summed E-state index contributed by atoms with van der Waals surface area (Å²) in [6.07, 6.45) is 8.66. The molecule has 1 aliphatic carbocycles. The van der Waals surface area contributed by atoms with E-state index in [1.165, 1.54) is 45.2 Å². The van der Waals surface area contributed by atoms with Gasteiger partial charge in [0.2, 0.25) is 0 Å². The molecule has 2 aliphatic rings. The third-order valence-corrected chi connectivity index (χ3v) is 9.24. The van der Waals surface area contributed by atoms with Crippen LogP contribution in [0.15, 0.2) is 29.2 Å². The van der Waals surface area contributed by atoms with Crippen molar-refractivity contribution >= 4 is 9.84 Å². The Balaban J connectivity index is 1.54. The Hall–Kier alpha value is -0.870. The maximum Gasteiger partial charge on any atom is 0.183 e. The highest BCUT2D eigenvalue weighted by molar-refractivity contribution is 7.92. The third-order valence-electron chi connectivity index (χ3n) is 6.69. The van der Waals surface area contributed by atoms with Crippen LogP contribution in [0.25, 0.3) is 0 Å². The van der Waals surface area contributed by atoms with Crippen molar-refractivity contribution in [1.82, 2.24) is 4.90 Å². The molecule has 0 radical (unpaired) electrons. The molecule has 0 bridgehead atoms. The Labute approximate surface area is 160 Å². The van der Waals surface area contributed by atoms with Gasteiger partial charge in [0.15, 0.2) is 9.84 Å². The van der Waals surface area contributed by atoms with Crippen molar-refractivity contribution < 1.29 is 8.42 Å². The van der Waals surface area contributed by atoms with Crippen LogP contribution in [0.5, 0.6) is 0 Å². The van der Waals surface area contributed by atoms with Gasteiger partial charge >= 0.3 is 0 Å². The number of rotatable bonds is 6. The number of nitrogens with zero attached hydrogens (tertiary/aromatic N) is 1. The Kier molecular flexibility index (Phi) is 6.13. The Morgan fingerprint density at radius 3 is 2.38 bits per heavy atom. The summed E-state index contributed by atoms with van der Waals surface area (Å²) in [6.45, 7) is 9.22. The zero-order chi connectivity index (χ0) is 18.8. The lowest BCUT2D eigenvalue weighted by Crippen LogP contribution is -2.42. The molecule has 0 spiro atoms. The van der Waals surface area contributed by atoms with Gasteiger partial charge in [0.25, 0.3) is 0 Å². The van der Waals surface area contributed by atoms with Crippen LogP contribution in [0.3, 0.4) is 0 Å². The molecule has 1 saturated heterocycles. The van der Waals surface area contributed by atoms with Crippen molar-refractivity contribution in [2.24, 2.45) is 11.8 Å². The maximum absolute atomic E-state index is 13.0. The first-order chi connectivity index (χ1) is 12.3. The molecular formula is C22H35NO2S. The highest BCUT2D eigenvalue weighted by atomic mass is 32.2. The van der Waals surface area contributed by atoms with Gasteiger partial charge < -0.3 is 4.90 Å². The second-order valence-corrected chi connectivity index (χ2v) is 11.7. The van der Waals surface area contributed by atoms with Crippen LogP contribution in [-0.2, 0) is 9.84 Å². The van der Waals surface area contributed by atoms with Crippen LogP contribution in [0.4, 0.5) is 0 Å². The summed E-state index contributed by atoms with van der Waals surface area (Å²) in [7, 11) is -3.30. The SMILES string of the molecule is Cc1ccc(S(=O)(=O)C(C)(C)CCCN2CCC3CCCC[C@H]3C2)cc1. The molecule has 3 nitrogen and oxygen atoms in total. The van der Waals surface area contributed by atoms with E-state index < -0.39 is 14.6 Å². The fourth-order valence-electron chi connectivity index (χ4n) is 4.78. The van der Waals surface area contributed by atoms with Crippen LogP contribution in [0.2, 0.25) is 0 Å². The molecule has 0 amide bonds. The predicted octanol–water partition coefficient (Wildman–Crippen LogP) is 4.84. The van der Waals surface area contributed by atoms with Crippen molar-refractivity contribution in [3.8, 4) is 0 Å². The number of hydrogen-bond acceptors (Lipinski definition) is 3. The second-order valence-electron chi connectivity index (χ2n) is 9.07. The van der Waals surface area contributed by atoms with Gasteiger partial charge in [-0.05, 0) is 83.5 Å². The number of aryl methyl sites for hydroxylation is 1. The number of sulfone groups is 1. The highest BCUT2D eigenvalue weighted by Gasteiger charge is 2.36.